The van der Waals surface area contributed by atoms with E-state index in [0.29, 0.717) is 0 Å². The molecule has 5 aliphatic heterocycles. The van der Waals surface area contributed by atoms with Crippen LogP contribution >= 0.6 is 75.0 Å². The average Bonchev–Trinajstić information content (AvgIpc) is 1.65. The Morgan fingerprint density at radius 2 is 0.736 bits per heavy atom. The number of phosphoric ester groups is 1. The second-order valence-electron chi connectivity index (χ2n) is 24.4. The van der Waals surface area contributed by atoms with Crippen molar-refractivity contribution in [2.45, 2.75) is 138 Å². The summed E-state index contributed by atoms with van der Waals surface area (Å²) in [4.78, 5) is 205. The van der Waals surface area contributed by atoms with Gasteiger partial charge < -0.3 is 121 Å². The highest BCUT2D eigenvalue weighted by molar-refractivity contribution is 8.05. The molecule has 0 radical (unpaired) electrons. The first-order valence-corrected chi connectivity index (χ1v) is 46.6. The first kappa shape index (κ1) is 105. The molecular formula is C55H83Cl2N8O49P7. The number of halogens is 2. The summed E-state index contributed by atoms with van der Waals surface area (Å²) in [7, 11) is -22.1. The number of hydrogen-bond acceptors (Lipinski definition) is 43. The van der Waals surface area contributed by atoms with Crippen molar-refractivity contribution in [2.75, 3.05) is 89.2 Å². The van der Waals surface area contributed by atoms with Crippen LogP contribution in [0.5, 0.6) is 0 Å². The van der Waals surface area contributed by atoms with Gasteiger partial charge in [-0.15, -0.1) is 0 Å². The number of aromatic nitrogens is 8. The number of aliphatic hydroxyl groups excluding tert-OH is 5. The van der Waals surface area contributed by atoms with Gasteiger partial charge in [-0.2, -0.15) is 8.62 Å². The minimum atomic E-state index is -5.77. The van der Waals surface area contributed by atoms with E-state index in [-0.39, 0.29) is 35.1 Å². The van der Waals surface area contributed by atoms with Gasteiger partial charge in [0.25, 0.3) is 22.2 Å². The maximum atomic E-state index is 12.6. The van der Waals surface area contributed by atoms with E-state index < -0.39 is 265 Å². The second-order valence-corrected chi connectivity index (χ2v) is 39.2. The van der Waals surface area contributed by atoms with E-state index in [4.69, 9.17) is 84.1 Å². The van der Waals surface area contributed by atoms with Gasteiger partial charge in [0.2, 0.25) is 0 Å². The van der Waals surface area contributed by atoms with Crippen molar-refractivity contribution >= 4 is 98.9 Å². The van der Waals surface area contributed by atoms with E-state index >= 15 is 0 Å². The maximum Gasteiger partial charge on any atom is 0.490 e. The van der Waals surface area contributed by atoms with Gasteiger partial charge in [-0.25, -0.2) is 46.1 Å². The molecule has 0 saturated carbocycles. The molecule has 0 amide bonds. The van der Waals surface area contributed by atoms with E-state index in [9.17, 15) is 130 Å². The van der Waals surface area contributed by atoms with E-state index in [0.717, 1.165) is 71.5 Å². The lowest BCUT2D eigenvalue weighted by atomic mass is 10.1. The molecule has 57 nitrogen and oxygen atoms in total. The number of esters is 4. The van der Waals surface area contributed by atoms with Crippen LogP contribution in [0.1, 0.15) is 61.0 Å². The first-order valence-electron chi connectivity index (χ1n) is 33.6. The van der Waals surface area contributed by atoms with Gasteiger partial charge in [0.15, 0.2) is 30.8 Å². The normalized spacial score (nSPS) is 29.1. The van der Waals surface area contributed by atoms with E-state index in [1.807, 2.05) is 23.8 Å². The molecular weight excluding hydrogens is 1840 g/mol. The van der Waals surface area contributed by atoms with Crippen LogP contribution in [0, 0.1) is 0 Å². The number of nitrogens with one attached hydrogen (secondary N) is 4. The number of phosphoric acid groups is 4. The Kier molecular flexibility index (Phi) is 38.9. The number of aromatic amines is 4. The Hall–Kier alpha value is -6.25. The standard InChI is InChI=1S/C14H21N2O15P3.C13H17Cl2N2O9P.C13H21N2O17P3.C13H18N2O8.C2H6/c1-26-9(17)3-7-4-16(14(20)15-12(7)19)13-11(27-2)10(18)8(29-13)5-28-33(23)6-32(21,22)30-34(24,25)31-33;1-23-8(18)3-6-4-17(13(21)16-11(6)20)12-10(24-2)9(19)7(26-12)5-25-27(14,15)22;1-27-8(16)3-6-4-15(13(19)14-11(6)18)12-10(28-2)9(17)7(30-12)5-29-34(23,24)32-35(25,26)31-33(20,21)22;1-21-8(17)3-6-4-15(13(20)14-11(6)19)12-10(22-2)9(18)7(5-16)23-12;1-2/h4,8,10-11,13,18H,3,5-6H2,1-2H3,(H,21,22)(H,24,25)(H,15,19,20);4,7,9-10,12,19H,3,5H2,1-2H3,(H,16,20,21);4,7,9-10,12,17H,3,5H2,1-2H3,(H,23,24)(H,25,26)(H,14,18,19)(H2,20,21,22);4,7,9-10,12,16,18H,3,5H2,1-2H3,(H,14,19,20);1-2H3/t8-,10?,11+,13-,33?;3*7-,9?,10+,12-;/m1111./s1. The van der Waals surface area contributed by atoms with Crippen LogP contribution in [0.25, 0.3) is 0 Å². The van der Waals surface area contributed by atoms with Crippen molar-refractivity contribution in [3.05, 3.63) is 130 Å². The highest BCUT2D eigenvalue weighted by Crippen LogP contribution is 2.79. The molecule has 21 atom stereocenters. The van der Waals surface area contributed by atoms with Gasteiger partial charge >= 0.3 is 99.2 Å². The third-order valence-electron chi connectivity index (χ3n) is 16.5. The number of carbonyl (C=O) groups is 4. The van der Waals surface area contributed by atoms with Gasteiger partial charge in [-0.1, -0.05) is 13.8 Å². The van der Waals surface area contributed by atoms with Crippen LogP contribution in [0.4, 0.5) is 0 Å². The molecule has 5 saturated heterocycles. The van der Waals surface area contributed by atoms with Gasteiger partial charge in [-0.3, -0.25) is 94.8 Å². The monoisotopic (exact) mass is 1930 g/mol. The maximum absolute atomic E-state index is 12.6. The number of hydrogen-bond donors (Lipinski definition) is 15. The summed E-state index contributed by atoms with van der Waals surface area (Å²) >= 11 is 10.6. The predicted octanol–water partition coefficient (Wildman–Crippen LogP) is -4.43. The second kappa shape index (κ2) is 44.8. The Bertz CT molecular complexity index is 5150. The minimum absolute atomic E-state index is 0.00292. The number of nitrogens with zero attached hydrogens (tertiary/aromatic N) is 4. The van der Waals surface area contributed by atoms with Gasteiger partial charge in [0.1, 0.15) is 73.2 Å². The highest BCUT2D eigenvalue weighted by Gasteiger charge is 2.55. The lowest BCUT2D eigenvalue weighted by molar-refractivity contribution is -0.140. The fourth-order valence-corrected chi connectivity index (χ4v) is 21.7. The summed E-state index contributed by atoms with van der Waals surface area (Å²) < 4.78 is 175. The number of rotatable bonds is 30. The molecule has 0 bridgehead atoms. The average molecular weight is 1930 g/mol. The fraction of sp³-hybridized carbons (Fsp3) is 0.636. The molecule has 9 heterocycles. The summed E-state index contributed by atoms with van der Waals surface area (Å²) in [5, 5.41) is 50.5. The zero-order valence-electron chi connectivity index (χ0n) is 64.0. The summed E-state index contributed by atoms with van der Waals surface area (Å²) in [6, 6.07) is 0. The molecule has 4 aromatic rings. The molecule has 121 heavy (non-hydrogen) atoms. The minimum Gasteiger partial charge on any atom is -0.469 e. The lowest BCUT2D eigenvalue weighted by Gasteiger charge is -2.28. The van der Waals surface area contributed by atoms with Crippen molar-refractivity contribution in [1.82, 2.24) is 38.2 Å². The van der Waals surface area contributed by atoms with Crippen LogP contribution in [-0.4, -0.2) is 279 Å². The van der Waals surface area contributed by atoms with Crippen molar-refractivity contribution < 1.29 is 194 Å². The molecule has 9 unspecified atom stereocenters. The smallest absolute Gasteiger partial charge is 0.469 e. The van der Waals surface area contributed by atoms with Crippen LogP contribution in [0.2, 0.25) is 0 Å². The summed E-state index contributed by atoms with van der Waals surface area (Å²) in [5.74, 6) is -4.13. The van der Waals surface area contributed by atoms with Gasteiger partial charge in [-0.05, 0) is 22.5 Å². The van der Waals surface area contributed by atoms with E-state index in [1.165, 1.54) is 28.4 Å². The number of aliphatic hydroxyl groups is 5. The van der Waals surface area contributed by atoms with Crippen molar-refractivity contribution in [3.63, 3.8) is 0 Å². The zero-order chi connectivity index (χ0) is 91.7. The molecule has 4 aromatic heterocycles. The number of carbonyl (C=O) groups excluding carboxylic acids is 4. The summed E-state index contributed by atoms with van der Waals surface area (Å²) in [6.07, 6.45) is -21.5. The molecule has 686 valence electrons. The van der Waals surface area contributed by atoms with Crippen molar-refractivity contribution in [2.24, 2.45) is 0 Å². The molecule has 0 aliphatic carbocycles. The molecule has 0 aromatic carbocycles. The number of H-pyrrole nitrogens is 4. The van der Waals surface area contributed by atoms with E-state index in [1.54, 1.807) is 0 Å². The number of ether oxygens (including phenoxy) is 12. The third kappa shape index (κ3) is 29.4. The molecule has 5 aliphatic rings. The molecule has 5 fully saturated rings. The first-order chi connectivity index (χ1) is 56.2. The third-order valence-corrected chi connectivity index (χ3v) is 28.3. The lowest BCUT2D eigenvalue weighted by Crippen LogP contribution is -2.40. The van der Waals surface area contributed by atoms with Gasteiger partial charge in [0.05, 0.1) is 80.6 Å². The van der Waals surface area contributed by atoms with E-state index in [2.05, 4.69) is 50.7 Å². The molecule has 0 spiro atoms. The van der Waals surface area contributed by atoms with Crippen molar-refractivity contribution in [3.8, 4) is 0 Å². The number of methoxy groups -OCH3 is 8. The van der Waals surface area contributed by atoms with Crippen LogP contribution in [-0.2, 0) is 164 Å². The van der Waals surface area contributed by atoms with Crippen LogP contribution in [0.15, 0.2) is 63.1 Å². The SMILES string of the molecule is CC.COC(=O)Cc1cn([C@@H]2O[C@H](CO)C(O)[C@@H]2OC)c(=O)[nH]c1=O.COC(=O)Cc1cn([C@@H]2O[C@H](COP(=O)(Cl)Cl)C(O)[C@@H]2OC)c(=O)[nH]c1=O.COC(=O)Cc1cn([C@@H]2O[C@H](COP(=O)(O)OP(=O)(O)OP(=O)(O)O)C(O)[C@@H]2OC)c(=O)[nH]c1=O.COC(=O)Cc1cn([C@@H]2O[C@H](COP3(=O)CP(=O)(O)OP(=O)(O)O3)C(O)[C@@H]2OC)c(=O)[nH]c1=O. The topological polar surface area (TPSA) is 805 Å². The molecule has 9 rings (SSSR count). The Labute approximate surface area is 685 Å². The quantitative estimate of drug-likeness (QED) is 0.0133. The predicted molar refractivity (Wildman–Crippen MR) is 395 cm³/mol. The Morgan fingerprint density at radius 1 is 0.455 bits per heavy atom. The van der Waals surface area contributed by atoms with Gasteiger partial charge in [0, 0.05) is 75.5 Å². The Morgan fingerprint density at radius 3 is 1.00 bits per heavy atom. The summed E-state index contributed by atoms with van der Waals surface area (Å²) in [5.41, 5.74) is -7.30. The van der Waals surface area contributed by atoms with Crippen LogP contribution < -0.4 is 45.0 Å². The van der Waals surface area contributed by atoms with Crippen LogP contribution in [0.3, 0.4) is 0 Å². The highest BCUT2D eigenvalue weighted by atomic mass is 35.9. The fourth-order valence-electron chi connectivity index (χ4n) is 11.1. The van der Waals surface area contributed by atoms with Crippen molar-refractivity contribution in [1.29, 1.82) is 0 Å². The molecule has 66 heteroatoms. The zero-order valence-corrected chi connectivity index (χ0v) is 71.8. The Balaban J connectivity index is 0.000000288. The summed E-state index contributed by atoms with van der Waals surface area (Å²) in [6.45, 7) is 1.27. The largest absolute Gasteiger partial charge is 0.490 e. The molecule has 15 N–H and O–H groups in total.